The Hall–Kier alpha value is -2.42. The van der Waals surface area contributed by atoms with Gasteiger partial charge in [-0.3, -0.25) is 4.79 Å². The van der Waals surface area contributed by atoms with Crippen molar-refractivity contribution in [2.24, 2.45) is 5.92 Å². The predicted octanol–water partition coefficient (Wildman–Crippen LogP) is 2.69. The van der Waals surface area contributed by atoms with Crippen LogP contribution in [0.25, 0.3) is 0 Å². The molecule has 1 saturated heterocycles. The molecule has 0 aromatic heterocycles. The predicted molar refractivity (Wildman–Crippen MR) is 91.3 cm³/mol. The van der Waals surface area contributed by atoms with E-state index in [1.165, 1.54) is 20.0 Å². The first-order valence-electron chi connectivity index (χ1n) is 8.73. The molecule has 6 heteroatoms. The zero-order chi connectivity index (χ0) is 17.8. The van der Waals surface area contributed by atoms with Gasteiger partial charge in [-0.05, 0) is 43.4 Å². The highest BCUT2D eigenvalue weighted by Crippen LogP contribution is 2.39. The lowest BCUT2D eigenvalue weighted by molar-refractivity contribution is -0.145. The van der Waals surface area contributed by atoms with E-state index in [9.17, 15) is 10.1 Å². The largest absolute Gasteiger partial charge is 0.493 e. The minimum Gasteiger partial charge on any atom is -0.493 e. The van der Waals surface area contributed by atoms with E-state index in [0.29, 0.717) is 24.6 Å². The third kappa shape index (κ3) is 3.65. The maximum absolute atomic E-state index is 12.1. The molecule has 1 aliphatic heterocycles. The van der Waals surface area contributed by atoms with E-state index in [0.717, 1.165) is 18.4 Å². The summed E-state index contributed by atoms with van der Waals surface area (Å²) < 4.78 is 16.5. The number of nitriles is 1. The Morgan fingerprint density at radius 1 is 1.20 bits per heavy atom. The summed E-state index contributed by atoms with van der Waals surface area (Å²) >= 11 is 0. The molecule has 2 atom stereocenters. The van der Waals surface area contributed by atoms with Crippen LogP contribution in [0.5, 0.6) is 11.5 Å². The Kier molecular flexibility index (Phi) is 5.32. The van der Waals surface area contributed by atoms with Crippen molar-refractivity contribution in [2.45, 2.75) is 37.7 Å². The van der Waals surface area contributed by atoms with Gasteiger partial charge >= 0.3 is 5.97 Å². The number of hydrogen-bond donors (Lipinski definition) is 0. The number of hydrogen-bond acceptors (Lipinski definition) is 6. The Bertz CT molecular complexity index is 664. The van der Waals surface area contributed by atoms with Crippen LogP contribution in [0.4, 0.5) is 0 Å². The molecule has 1 saturated carbocycles. The molecule has 0 bridgehead atoms. The van der Waals surface area contributed by atoms with Gasteiger partial charge in [0.2, 0.25) is 0 Å². The fourth-order valence-electron chi connectivity index (χ4n) is 3.82. The second-order valence-corrected chi connectivity index (χ2v) is 6.68. The number of likely N-dealkylation sites (tertiary alicyclic amines) is 1. The molecule has 0 amide bonds. The number of rotatable bonds is 5. The van der Waals surface area contributed by atoms with Crippen LogP contribution in [-0.2, 0) is 9.53 Å². The molecule has 134 valence electrons. The van der Waals surface area contributed by atoms with Gasteiger partial charge in [0, 0.05) is 19.0 Å². The topological polar surface area (TPSA) is 71.8 Å². The minimum absolute atomic E-state index is 0.0936. The summed E-state index contributed by atoms with van der Waals surface area (Å²) in [5, 5.41) is 9.21. The summed E-state index contributed by atoms with van der Waals surface area (Å²) in [6.07, 6.45) is 6.86. The van der Waals surface area contributed by atoms with Crippen LogP contribution in [0.3, 0.4) is 0 Å². The maximum Gasteiger partial charge on any atom is 0.311 e. The molecule has 1 aliphatic carbocycles. The van der Waals surface area contributed by atoms with Crippen molar-refractivity contribution in [1.82, 2.24) is 4.90 Å². The third-order valence-electron chi connectivity index (χ3n) is 5.18. The first kappa shape index (κ1) is 17.4. The SMILES string of the molecule is COC(=O)[C@H]1CN(C#N)C[C@@H]1c1ccc(OC)c(OC2CCCC2)c1. The zero-order valence-corrected chi connectivity index (χ0v) is 14.7. The first-order valence-corrected chi connectivity index (χ1v) is 8.73. The van der Waals surface area contributed by atoms with Crippen LogP contribution >= 0.6 is 0 Å². The first-order chi connectivity index (χ1) is 12.2. The number of carbonyl (C=O) groups is 1. The lowest BCUT2D eigenvalue weighted by Gasteiger charge is -2.20. The highest BCUT2D eigenvalue weighted by molar-refractivity contribution is 5.74. The standard InChI is InChI=1S/C19H24N2O4/c1-23-17-8-7-13(9-18(17)25-14-5-3-4-6-14)15-10-21(12-20)11-16(15)19(22)24-2/h7-9,14-16H,3-6,10-11H2,1-2H3/t15-,16+/m1/s1. The normalized spacial score (nSPS) is 23.3. The van der Waals surface area contributed by atoms with Crippen molar-refractivity contribution in [3.8, 4) is 17.7 Å². The maximum atomic E-state index is 12.1. The van der Waals surface area contributed by atoms with Crippen molar-refractivity contribution in [3.05, 3.63) is 23.8 Å². The molecular weight excluding hydrogens is 320 g/mol. The average molecular weight is 344 g/mol. The van der Waals surface area contributed by atoms with Gasteiger partial charge in [-0.15, -0.1) is 0 Å². The Morgan fingerprint density at radius 2 is 1.96 bits per heavy atom. The lowest BCUT2D eigenvalue weighted by Crippen LogP contribution is -2.23. The Morgan fingerprint density at radius 3 is 2.60 bits per heavy atom. The third-order valence-corrected chi connectivity index (χ3v) is 5.18. The summed E-state index contributed by atoms with van der Waals surface area (Å²) in [4.78, 5) is 13.7. The van der Waals surface area contributed by atoms with E-state index < -0.39 is 0 Å². The molecule has 2 fully saturated rings. The van der Waals surface area contributed by atoms with Gasteiger partial charge in [-0.2, -0.15) is 5.26 Å². The summed E-state index contributed by atoms with van der Waals surface area (Å²) in [5.74, 6) is 0.685. The Labute approximate surface area is 148 Å². The molecule has 25 heavy (non-hydrogen) atoms. The molecule has 0 spiro atoms. The van der Waals surface area contributed by atoms with Crippen LogP contribution in [0.2, 0.25) is 0 Å². The van der Waals surface area contributed by atoms with Gasteiger partial charge in [0.15, 0.2) is 17.7 Å². The molecule has 0 radical (unpaired) electrons. The van der Waals surface area contributed by atoms with Gasteiger partial charge in [0.25, 0.3) is 0 Å². The van der Waals surface area contributed by atoms with Gasteiger partial charge in [-0.1, -0.05) is 6.07 Å². The van der Waals surface area contributed by atoms with Crippen molar-refractivity contribution in [2.75, 3.05) is 27.3 Å². The second-order valence-electron chi connectivity index (χ2n) is 6.68. The van der Waals surface area contributed by atoms with E-state index >= 15 is 0 Å². The fraction of sp³-hybridized carbons (Fsp3) is 0.579. The van der Waals surface area contributed by atoms with E-state index in [1.807, 2.05) is 18.2 Å². The highest BCUT2D eigenvalue weighted by atomic mass is 16.5. The van der Waals surface area contributed by atoms with Crippen molar-refractivity contribution in [1.29, 1.82) is 5.26 Å². The summed E-state index contributed by atoms with van der Waals surface area (Å²) in [6, 6.07) is 5.78. The van der Waals surface area contributed by atoms with Crippen molar-refractivity contribution < 1.29 is 19.0 Å². The van der Waals surface area contributed by atoms with Crippen LogP contribution in [-0.4, -0.2) is 44.3 Å². The summed E-state index contributed by atoms with van der Waals surface area (Å²) in [7, 11) is 3.01. The van der Waals surface area contributed by atoms with Crippen molar-refractivity contribution >= 4 is 5.97 Å². The number of carbonyl (C=O) groups excluding carboxylic acids is 1. The molecule has 1 aromatic carbocycles. The molecule has 1 heterocycles. The average Bonchev–Trinajstić information content (AvgIpc) is 3.30. The highest BCUT2D eigenvalue weighted by Gasteiger charge is 2.39. The van der Waals surface area contributed by atoms with Gasteiger partial charge < -0.3 is 19.1 Å². The zero-order valence-electron chi connectivity index (χ0n) is 14.7. The van der Waals surface area contributed by atoms with Crippen LogP contribution in [0.15, 0.2) is 18.2 Å². The monoisotopic (exact) mass is 344 g/mol. The summed E-state index contributed by atoms with van der Waals surface area (Å²) in [6.45, 7) is 0.893. The summed E-state index contributed by atoms with van der Waals surface area (Å²) in [5.41, 5.74) is 0.974. The van der Waals surface area contributed by atoms with Gasteiger partial charge in [0.1, 0.15) is 0 Å². The van der Waals surface area contributed by atoms with Crippen LogP contribution < -0.4 is 9.47 Å². The van der Waals surface area contributed by atoms with Gasteiger partial charge in [-0.25, -0.2) is 0 Å². The smallest absolute Gasteiger partial charge is 0.311 e. The number of ether oxygens (including phenoxy) is 3. The van der Waals surface area contributed by atoms with Crippen LogP contribution in [0, 0.1) is 17.4 Å². The van der Waals surface area contributed by atoms with Crippen molar-refractivity contribution in [3.63, 3.8) is 0 Å². The van der Waals surface area contributed by atoms with Crippen LogP contribution in [0.1, 0.15) is 37.2 Å². The molecule has 0 unspecified atom stereocenters. The molecular formula is C19H24N2O4. The lowest BCUT2D eigenvalue weighted by atomic mass is 9.89. The fourth-order valence-corrected chi connectivity index (χ4v) is 3.82. The molecule has 3 rings (SSSR count). The second kappa shape index (κ2) is 7.64. The van der Waals surface area contributed by atoms with Gasteiger partial charge in [0.05, 0.1) is 26.2 Å². The van der Waals surface area contributed by atoms with E-state index in [4.69, 9.17) is 14.2 Å². The van der Waals surface area contributed by atoms with E-state index in [2.05, 4.69) is 6.19 Å². The Balaban J connectivity index is 1.87. The minimum atomic E-state index is -0.350. The number of benzene rings is 1. The number of methoxy groups -OCH3 is 2. The molecule has 2 aliphatic rings. The molecule has 0 N–H and O–H groups in total. The number of nitrogens with zero attached hydrogens (tertiary/aromatic N) is 2. The van der Waals surface area contributed by atoms with E-state index in [1.54, 1.807) is 12.0 Å². The quantitative estimate of drug-likeness (QED) is 0.604. The number of esters is 1. The molecule has 6 nitrogen and oxygen atoms in total. The van der Waals surface area contributed by atoms with E-state index in [-0.39, 0.29) is 23.9 Å². The molecule has 1 aromatic rings.